The lowest BCUT2D eigenvalue weighted by Crippen LogP contribution is -2.35. The maximum atomic E-state index is 14.4. The second-order valence-electron chi connectivity index (χ2n) is 5.94. The lowest BCUT2D eigenvalue weighted by atomic mass is 9.96. The number of carbonyl (C=O) groups is 1. The summed E-state index contributed by atoms with van der Waals surface area (Å²) in [6, 6.07) is 3.06. The molecule has 0 fully saturated rings. The molecule has 0 radical (unpaired) electrons. The van der Waals surface area contributed by atoms with E-state index in [4.69, 9.17) is 4.74 Å². The van der Waals surface area contributed by atoms with Crippen LogP contribution >= 0.6 is 0 Å². The van der Waals surface area contributed by atoms with E-state index in [0.717, 1.165) is 12.8 Å². The number of carbonyl (C=O) groups excluding carboxylic acids is 1. The average Bonchev–Trinajstić information content (AvgIpc) is 2.94. The van der Waals surface area contributed by atoms with E-state index in [-0.39, 0.29) is 18.3 Å². The predicted molar refractivity (Wildman–Crippen MR) is 81.3 cm³/mol. The van der Waals surface area contributed by atoms with Crippen LogP contribution in [-0.4, -0.2) is 24.1 Å². The van der Waals surface area contributed by atoms with Crippen molar-refractivity contribution in [3.05, 3.63) is 41.5 Å². The highest BCUT2D eigenvalue weighted by atomic mass is 19.1. The molecule has 0 saturated heterocycles. The van der Waals surface area contributed by atoms with Gasteiger partial charge in [0.15, 0.2) is 12.4 Å². The molecular formula is C17H17FN2O2. The standard InChI is InChI=1S/C17H17FN2O2/c1-19-15-7-14(13(18)6-16(15)22-10-17(19)21)20-8-11-4-2-3-5-12(11)9-20/h6-9H,2-5,10H2,1H3. The van der Waals surface area contributed by atoms with Crippen LogP contribution in [0.2, 0.25) is 0 Å². The molecule has 1 aromatic carbocycles. The van der Waals surface area contributed by atoms with Crippen LogP contribution in [0.1, 0.15) is 24.0 Å². The molecule has 0 unspecified atom stereocenters. The monoisotopic (exact) mass is 300 g/mol. The molecule has 1 aliphatic heterocycles. The Bertz CT molecular complexity index is 743. The molecule has 0 saturated carbocycles. The van der Waals surface area contributed by atoms with Crippen molar-refractivity contribution in [1.29, 1.82) is 0 Å². The van der Waals surface area contributed by atoms with Gasteiger partial charge >= 0.3 is 0 Å². The van der Waals surface area contributed by atoms with Crippen LogP contribution in [-0.2, 0) is 17.6 Å². The molecule has 1 aromatic heterocycles. The van der Waals surface area contributed by atoms with Crippen molar-refractivity contribution in [3.63, 3.8) is 0 Å². The van der Waals surface area contributed by atoms with E-state index in [9.17, 15) is 9.18 Å². The molecule has 2 aliphatic rings. The Hall–Kier alpha value is -2.30. The Balaban J connectivity index is 1.82. The number of fused-ring (bicyclic) bond motifs is 2. The van der Waals surface area contributed by atoms with E-state index >= 15 is 0 Å². The molecule has 0 atom stereocenters. The van der Waals surface area contributed by atoms with Gasteiger partial charge in [-0.1, -0.05) is 0 Å². The van der Waals surface area contributed by atoms with Gasteiger partial charge in [-0.2, -0.15) is 0 Å². The number of anilines is 1. The summed E-state index contributed by atoms with van der Waals surface area (Å²) >= 11 is 0. The van der Waals surface area contributed by atoms with Crippen LogP contribution in [0, 0.1) is 5.82 Å². The van der Waals surface area contributed by atoms with Gasteiger partial charge in [-0.3, -0.25) is 4.79 Å². The lowest BCUT2D eigenvalue weighted by molar-refractivity contribution is -0.120. The molecule has 114 valence electrons. The number of nitrogens with zero attached hydrogens (tertiary/aromatic N) is 2. The normalized spacial score (nSPS) is 17.0. The summed E-state index contributed by atoms with van der Waals surface area (Å²) in [5.41, 5.74) is 3.66. The Morgan fingerprint density at radius 3 is 2.45 bits per heavy atom. The van der Waals surface area contributed by atoms with Crippen LogP contribution in [0.5, 0.6) is 5.75 Å². The first-order valence-corrected chi connectivity index (χ1v) is 7.56. The maximum absolute atomic E-state index is 14.4. The highest BCUT2D eigenvalue weighted by molar-refractivity contribution is 5.97. The fourth-order valence-corrected chi connectivity index (χ4v) is 3.24. The molecule has 0 N–H and O–H groups in total. The first kappa shape index (κ1) is 13.4. The molecule has 1 amide bonds. The van der Waals surface area contributed by atoms with E-state index in [2.05, 4.69) is 0 Å². The number of likely N-dealkylation sites (N-methyl/N-ethyl adjacent to an activating group) is 1. The van der Waals surface area contributed by atoms with Crippen LogP contribution in [0.25, 0.3) is 5.69 Å². The molecule has 5 heteroatoms. The number of halogens is 1. The van der Waals surface area contributed by atoms with Gasteiger partial charge in [0.05, 0.1) is 11.4 Å². The fraction of sp³-hybridized carbons (Fsp3) is 0.353. The van der Waals surface area contributed by atoms with E-state index < -0.39 is 0 Å². The first-order chi connectivity index (χ1) is 10.6. The van der Waals surface area contributed by atoms with Crippen molar-refractivity contribution < 1.29 is 13.9 Å². The van der Waals surface area contributed by atoms with Crippen LogP contribution < -0.4 is 9.64 Å². The Kier molecular flexibility index (Phi) is 2.96. The molecular weight excluding hydrogens is 283 g/mol. The topological polar surface area (TPSA) is 34.5 Å². The molecule has 2 heterocycles. The number of aryl methyl sites for hydroxylation is 2. The summed E-state index contributed by atoms with van der Waals surface area (Å²) in [4.78, 5) is 13.3. The van der Waals surface area contributed by atoms with E-state index in [1.807, 2.05) is 17.0 Å². The van der Waals surface area contributed by atoms with Crippen molar-refractivity contribution in [3.8, 4) is 11.4 Å². The highest BCUT2D eigenvalue weighted by Crippen LogP contribution is 2.35. The number of ether oxygens (including phenoxy) is 1. The van der Waals surface area contributed by atoms with Crippen LogP contribution in [0.15, 0.2) is 24.5 Å². The number of amides is 1. The third-order valence-electron chi connectivity index (χ3n) is 4.54. The number of hydrogen-bond acceptors (Lipinski definition) is 2. The molecule has 2 aromatic rings. The second-order valence-corrected chi connectivity index (χ2v) is 5.94. The minimum Gasteiger partial charge on any atom is -0.481 e. The van der Waals surface area contributed by atoms with Gasteiger partial charge in [-0.05, 0) is 42.9 Å². The molecule has 22 heavy (non-hydrogen) atoms. The van der Waals surface area contributed by atoms with Gasteiger partial charge in [-0.15, -0.1) is 0 Å². The van der Waals surface area contributed by atoms with Crippen molar-refractivity contribution in [2.45, 2.75) is 25.7 Å². The van der Waals surface area contributed by atoms with Crippen molar-refractivity contribution in [1.82, 2.24) is 4.57 Å². The number of rotatable bonds is 1. The van der Waals surface area contributed by atoms with Gasteiger partial charge < -0.3 is 14.2 Å². The van der Waals surface area contributed by atoms with Gasteiger partial charge in [0.2, 0.25) is 0 Å². The second kappa shape index (κ2) is 4.87. The number of benzene rings is 1. The quantitative estimate of drug-likeness (QED) is 0.811. The van der Waals surface area contributed by atoms with E-state index in [1.54, 1.807) is 13.1 Å². The fourth-order valence-electron chi connectivity index (χ4n) is 3.24. The molecule has 0 spiro atoms. The molecule has 4 rings (SSSR count). The maximum Gasteiger partial charge on any atom is 0.264 e. The summed E-state index contributed by atoms with van der Waals surface area (Å²) < 4.78 is 21.6. The zero-order valence-electron chi connectivity index (χ0n) is 12.4. The molecule has 0 bridgehead atoms. The van der Waals surface area contributed by atoms with E-state index in [0.29, 0.717) is 17.1 Å². The third kappa shape index (κ3) is 2.00. The molecule has 4 nitrogen and oxygen atoms in total. The van der Waals surface area contributed by atoms with Crippen LogP contribution in [0.4, 0.5) is 10.1 Å². The zero-order valence-corrected chi connectivity index (χ0v) is 12.4. The summed E-state index contributed by atoms with van der Waals surface area (Å²) in [5.74, 6) is -0.0500. The van der Waals surface area contributed by atoms with Crippen molar-refractivity contribution in [2.24, 2.45) is 0 Å². The average molecular weight is 300 g/mol. The van der Waals surface area contributed by atoms with Crippen molar-refractivity contribution >= 4 is 11.6 Å². The third-order valence-corrected chi connectivity index (χ3v) is 4.54. The van der Waals surface area contributed by atoms with Gasteiger partial charge in [0, 0.05) is 25.5 Å². The minimum absolute atomic E-state index is 0.0416. The Labute approximate surface area is 128 Å². The van der Waals surface area contributed by atoms with E-state index in [1.165, 1.54) is 34.9 Å². The summed E-state index contributed by atoms with van der Waals surface area (Å²) in [5, 5.41) is 0. The summed E-state index contributed by atoms with van der Waals surface area (Å²) in [6.07, 6.45) is 8.49. The minimum atomic E-state index is -0.339. The summed E-state index contributed by atoms with van der Waals surface area (Å²) in [6.45, 7) is -0.0416. The number of hydrogen-bond donors (Lipinski definition) is 0. The van der Waals surface area contributed by atoms with Crippen molar-refractivity contribution in [2.75, 3.05) is 18.6 Å². The lowest BCUT2D eigenvalue weighted by Gasteiger charge is -2.26. The SMILES string of the molecule is CN1C(=O)COc2cc(F)c(-n3cc4c(c3)CCCC4)cc21. The largest absolute Gasteiger partial charge is 0.481 e. The summed E-state index contributed by atoms with van der Waals surface area (Å²) in [7, 11) is 1.69. The van der Waals surface area contributed by atoms with Crippen LogP contribution in [0.3, 0.4) is 0 Å². The zero-order chi connectivity index (χ0) is 15.3. The first-order valence-electron chi connectivity index (χ1n) is 7.56. The Morgan fingerprint density at radius 2 is 1.77 bits per heavy atom. The highest BCUT2D eigenvalue weighted by Gasteiger charge is 2.25. The van der Waals surface area contributed by atoms with Gasteiger partial charge in [0.1, 0.15) is 5.75 Å². The Morgan fingerprint density at radius 1 is 1.09 bits per heavy atom. The smallest absolute Gasteiger partial charge is 0.264 e. The van der Waals surface area contributed by atoms with Gasteiger partial charge in [0.25, 0.3) is 5.91 Å². The molecule has 1 aliphatic carbocycles. The predicted octanol–water partition coefficient (Wildman–Crippen LogP) is 2.85. The number of aromatic nitrogens is 1. The van der Waals surface area contributed by atoms with Gasteiger partial charge in [-0.25, -0.2) is 4.39 Å².